The highest BCUT2D eigenvalue weighted by atomic mass is 16.5. The van der Waals surface area contributed by atoms with Crippen LogP contribution in [-0.4, -0.2) is 4.98 Å². The zero-order valence-electron chi connectivity index (χ0n) is 9.34. The SMILES string of the molecule is Cc1ccc(C#N)cc1Oc1ccc(N)cn1. The highest BCUT2D eigenvalue weighted by Gasteiger charge is 2.03. The van der Waals surface area contributed by atoms with Crippen LogP contribution in [0, 0.1) is 18.3 Å². The van der Waals surface area contributed by atoms with Crippen molar-refractivity contribution in [2.45, 2.75) is 6.92 Å². The van der Waals surface area contributed by atoms with Gasteiger partial charge in [0, 0.05) is 6.07 Å². The molecule has 0 unspecified atom stereocenters. The van der Waals surface area contributed by atoms with Crippen LogP contribution in [0.15, 0.2) is 36.5 Å². The molecule has 0 aliphatic carbocycles. The van der Waals surface area contributed by atoms with Gasteiger partial charge in [-0.2, -0.15) is 5.26 Å². The van der Waals surface area contributed by atoms with Gasteiger partial charge in [-0.05, 0) is 30.7 Å². The normalized spacial score (nSPS) is 9.65. The van der Waals surface area contributed by atoms with Crippen molar-refractivity contribution in [2.24, 2.45) is 0 Å². The number of nitrogen functional groups attached to an aromatic ring is 1. The van der Waals surface area contributed by atoms with Gasteiger partial charge in [0.15, 0.2) is 0 Å². The molecule has 2 rings (SSSR count). The van der Waals surface area contributed by atoms with Gasteiger partial charge in [-0.3, -0.25) is 0 Å². The van der Waals surface area contributed by atoms with Crippen molar-refractivity contribution >= 4 is 5.69 Å². The molecule has 1 heterocycles. The third kappa shape index (κ3) is 2.52. The monoisotopic (exact) mass is 225 g/mol. The van der Waals surface area contributed by atoms with Gasteiger partial charge in [-0.1, -0.05) is 6.07 Å². The van der Waals surface area contributed by atoms with Crippen LogP contribution in [0.5, 0.6) is 11.6 Å². The number of nitrogens with zero attached hydrogens (tertiary/aromatic N) is 2. The Kier molecular flexibility index (Phi) is 2.93. The summed E-state index contributed by atoms with van der Waals surface area (Å²) in [6, 6.07) is 10.7. The van der Waals surface area contributed by atoms with E-state index >= 15 is 0 Å². The lowest BCUT2D eigenvalue weighted by atomic mass is 10.1. The van der Waals surface area contributed by atoms with Gasteiger partial charge in [0.25, 0.3) is 0 Å². The van der Waals surface area contributed by atoms with Gasteiger partial charge < -0.3 is 10.5 Å². The van der Waals surface area contributed by atoms with Crippen molar-refractivity contribution in [3.8, 4) is 17.7 Å². The smallest absolute Gasteiger partial charge is 0.219 e. The van der Waals surface area contributed by atoms with Gasteiger partial charge in [0.1, 0.15) is 5.75 Å². The molecule has 0 spiro atoms. The summed E-state index contributed by atoms with van der Waals surface area (Å²) in [7, 11) is 0. The molecule has 0 saturated carbocycles. The standard InChI is InChI=1S/C13H11N3O/c1-9-2-3-10(7-14)6-12(9)17-13-5-4-11(15)8-16-13/h2-6,8H,15H2,1H3. The molecule has 1 aromatic carbocycles. The zero-order valence-corrected chi connectivity index (χ0v) is 9.34. The number of aromatic nitrogens is 1. The number of nitriles is 1. The zero-order chi connectivity index (χ0) is 12.3. The maximum Gasteiger partial charge on any atom is 0.219 e. The van der Waals surface area contributed by atoms with Crippen molar-refractivity contribution in [1.29, 1.82) is 5.26 Å². The first kappa shape index (κ1) is 11.0. The topological polar surface area (TPSA) is 71.9 Å². The van der Waals surface area contributed by atoms with Gasteiger partial charge >= 0.3 is 0 Å². The van der Waals surface area contributed by atoms with Gasteiger partial charge in [-0.15, -0.1) is 0 Å². The Labute approximate surface area is 99.3 Å². The molecule has 0 fully saturated rings. The number of rotatable bonds is 2. The second-order valence-electron chi connectivity index (χ2n) is 3.62. The molecule has 17 heavy (non-hydrogen) atoms. The summed E-state index contributed by atoms with van der Waals surface area (Å²) in [6.45, 7) is 1.91. The van der Waals surface area contributed by atoms with E-state index < -0.39 is 0 Å². The summed E-state index contributed by atoms with van der Waals surface area (Å²) in [5.74, 6) is 1.08. The molecule has 0 radical (unpaired) electrons. The molecular formula is C13H11N3O. The molecule has 0 atom stereocenters. The molecule has 2 N–H and O–H groups in total. The number of pyridine rings is 1. The summed E-state index contributed by atoms with van der Waals surface area (Å²) in [4.78, 5) is 4.04. The number of anilines is 1. The Balaban J connectivity index is 2.29. The van der Waals surface area contributed by atoms with E-state index in [2.05, 4.69) is 11.1 Å². The number of hydrogen-bond acceptors (Lipinski definition) is 4. The fourth-order valence-electron chi connectivity index (χ4n) is 1.34. The molecule has 0 aliphatic heterocycles. The van der Waals surface area contributed by atoms with Crippen molar-refractivity contribution < 1.29 is 4.74 Å². The average Bonchev–Trinajstić information content (AvgIpc) is 2.35. The van der Waals surface area contributed by atoms with E-state index in [0.717, 1.165) is 5.56 Å². The van der Waals surface area contributed by atoms with Crippen molar-refractivity contribution in [1.82, 2.24) is 4.98 Å². The first-order valence-corrected chi connectivity index (χ1v) is 5.09. The van der Waals surface area contributed by atoms with Gasteiger partial charge in [-0.25, -0.2) is 4.98 Å². The van der Waals surface area contributed by atoms with Crippen LogP contribution in [0.2, 0.25) is 0 Å². The Morgan fingerprint density at radius 1 is 1.29 bits per heavy atom. The number of ether oxygens (including phenoxy) is 1. The van der Waals surface area contributed by atoms with Gasteiger partial charge in [0.05, 0.1) is 23.5 Å². The van der Waals surface area contributed by atoms with Crippen molar-refractivity contribution in [3.63, 3.8) is 0 Å². The highest BCUT2D eigenvalue weighted by Crippen LogP contribution is 2.24. The molecule has 2 aromatic rings. The van der Waals surface area contributed by atoms with E-state index in [4.69, 9.17) is 15.7 Å². The lowest BCUT2D eigenvalue weighted by molar-refractivity contribution is 0.459. The van der Waals surface area contributed by atoms with E-state index in [9.17, 15) is 0 Å². The fourth-order valence-corrected chi connectivity index (χ4v) is 1.34. The van der Waals surface area contributed by atoms with Crippen LogP contribution in [0.4, 0.5) is 5.69 Å². The molecule has 0 saturated heterocycles. The van der Waals surface area contributed by atoms with E-state index in [1.807, 2.05) is 13.0 Å². The summed E-state index contributed by atoms with van der Waals surface area (Å²) < 4.78 is 5.59. The predicted octanol–water partition coefficient (Wildman–Crippen LogP) is 2.64. The van der Waals surface area contributed by atoms with Crippen LogP contribution in [0.3, 0.4) is 0 Å². The third-order valence-electron chi connectivity index (χ3n) is 2.29. The first-order chi connectivity index (χ1) is 8.19. The first-order valence-electron chi connectivity index (χ1n) is 5.09. The van der Waals surface area contributed by atoms with E-state index in [0.29, 0.717) is 22.9 Å². The van der Waals surface area contributed by atoms with Crippen LogP contribution < -0.4 is 10.5 Å². The molecule has 0 bridgehead atoms. The Bertz CT molecular complexity index is 570. The molecule has 4 heteroatoms. The van der Waals surface area contributed by atoms with Crippen LogP contribution >= 0.6 is 0 Å². The summed E-state index contributed by atoms with van der Waals surface area (Å²) in [6.07, 6.45) is 1.53. The minimum Gasteiger partial charge on any atom is -0.439 e. The predicted molar refractivity (Wildman–Crippen MR) is 64.6 cm³/mol. The summed E-state index contributed by atoms with van der Waals surface area (Å²) in [5, 5.41) is 8.82. The molecule has 1 aromatic heterocycles. The summed E-state index contributed by atoms with van der Waals surface area (Å²) >= 11 is 0. The quantitative estimate of drug-likeness (QED) is 0.852. The minimum absolute atomic E-state index is 0.456. The summed E-state index contributed by atoms with van der Waals surface area (Å²) in [5.41, 5.74) is 7.62. The fraction of sp³-hybridized carbons (Fsp3) is 0.0769. The Morgan fingerprint density at radius 2 is 2.12 bits per heavy atom. The molecular weight excluding hydrogens is 214 g/mol. The number of benzene rings is 1. The molecule has 0 aliphatic rings. The molecule has 84 valence electrons. The van der Waals surface area contributed by atoms with Crippen molar-refractivity contribution in [2.75, 3.05) is 5.73 Å². The number of nitrogens with two attached hydrogens (primary N) is 1. The van der Waals surface area contributed by atoms with E-state index in [1.165, 1.54) is 6.20 Å². The minimum atomic E-state index is 0.456. The number of hydrogen-bond donors (Lipinski definition) is 1. The molecule has 0 amide bonds. The van der Waals surface area contributed by atoms with Crippen LogP contribution in [0.1, 0.15) is 11.1 Å². The van der Waals surface area contributed by atoms with Gasteiger partial charge in [0.2, 0.25) is 5.88 Å². The third-order valence-corrected chi connectivity index (χ3v) is 2.29. The highest BCUT2D eigenvalue weighted by molar-refractivity contribution is 5.44. The second kappa shape index (κ2) is 4.54. The van der Waals surface area contributed by atoms with Crippen LogP contribution in [0.25, 0.3) is 0 Å². The van der Waals surface area contributed by atoms with E-state index in [1.54, 1.807) is 24.3 Å². The van der Waals surface area contributed by atoms with Crippen LogP contribution in [-0.2, 0) is 0 Å². The maximum absolute atomic E-state index is 8.82. The second-order valence-corrected chi connectivity index (χ2v) is 3.62. The average molecular weight is 225 g/mol. The van der Waals surface area contributed by atoms with E-state index in [-0.39, 0.29) is 0 Å². The largest absolute Gasteiger partial charge is 0.439 e. The number of aryl methyl sites for hydroxylation is 1. The lowest BCUT2D eigenvalue weighted by Crippen LogP contribution is -1.92. The lowest BCUT2D eigenvalue weighted by Gasteiger charge is -2.07. The molecule has 4 nitrogen and oxygen atoms in total. The Morgan fingerprint density at radius 3 is 2.76 bits per heavy atom. The maximum atomic E-state index is 8.82. The Hall–Kier alpha value is -2.54. The van der Waals surface area contributed by atoms with Crippen molar-refractivity contribution in [3.05, 3.63) is 47.7 Å².